The molecule has 5 heteroatoms. The second-order valence-corrected chi connectivity index (χ2v) is 5.39. The number of pyridine rings is 1. The number of hydrogen-bond donors (Lipinski definition) is 1. The third kappa shape index (κ3) is 5.21. The second-order valence-electron chi connectivity index (χ2n) is 5.39. The third-order valence-corrected chi connectivity index (χ3v) is 3.44. The first-order valence-corrected chi connectivity index (χ1v) is 8.17. The van der Waals surface area contributed by atoms with E-state index in [1.165, 1.54) is 0 Å². The lowest BCUT2D eigenvalue weighted by atomic mass is 10.2. The van der Waals surface area contributed by atoms with E-state index in [0.29, 0.717) is 18.1 Å². The second kappa shape index (κ2) is 9.03. The van der Waals surface area contributed by atoms with Crippen molar-refractivity contribution in [3.63, 3.8) is 0 Å². The number of hydrogen-bond acceptors (Lipinski definition) is 4. The summed E-state index contributed by atoms with van der Waals surface area (Å²) >= 11 is 0. The van der Waals surface area contributed by atoms with E-state index >= 15 is 0 Å². The Hall–Kier alpha value is -3.60. The smallest absolute Gasteiger partial charge is 0.219 e. The van der Waals surface area contributed by atoms with E-state index in [1.807, 2.05) is 72.8 Å². The van der Waals surface area contributed by atoms with Crippen LogP contribution in [-0.2, 0) is 4.84 Å². The van der Waals surface area contributed by atoms with Gasteiger partial charge >= 0.3 is 0 Å². The molecule has 0 saturated carbocycles. The quantitative estimate of drug-likeness (QED) is 0.301. The highest BCUT2D eigenvalue weighted by Crippen LogP contribution is 2.18. The molecule has 0 unspecified atom stereocenters. The molecular formula is C21H19N3O2. The van der Waals surface area contributed by atoms with Gasteiger partial charge in [-0.3, -0.25) is 0 Å². The normalized spacial score (nSPS) is 11.5. The lowest BCUT2D eigenvalue weighted by Crippen LogP contribution is -2.14. The van der Waals surface area contributed by atoms with Gasteiger partial charge in [0.05, 0.1) is 0 Å². The van der Waals surface area contributed by atoms with Gasteiger partial charge < -0.3 is 15.3 Å². The molecule has 130 valence electrons. The molecule has 0 atom stereocenters. The van der Waals surface area contributed by atoms with Crippen LogP contribution in [0.15, 0.2) is 90.2 Å². The Kier molecular flexibility index (Phi) is 5.99. The molecule has 0 aliphatic rings. The Bertz CT molecular complexity index is 861. The minimum Gasteiger partial charge on any atom is -0.439 e. The van der Waals surface area contributed by atoms with E-state index in [9.17, 15) is 0 Å². The molecule has 2 aromatic carbocycles. The standard InChI is InChI=1S/C21H19N3O2/c22-21(24-25-15-7-10-17-8-3-1-4-9-17)18-13-14-20(23-16-18)26-19-11-5-2-6-12-19/h1-14,16H,15H2,(H2,22,24)/b10-7-. The van der Waals surface area contributed by atoms with E-state index in [-0.39, 0.29) is 5.84 Å². The van der Waals surface area contributed by atoms with Crippen LogP contribution in [0.25, 0.3) is 6.08 Å². The molecule has 1 aromatic heterocycles. The van der Waals surface area contributed by atoms with Gasteiger partial charge in [0.15, 0.2) is 5.84 Å². The van der Waals surface area contributed by atoms with E-state index < -0.39 is 0 Å². The van der Waals surface area contributed by atoms with Gasteiger partial charge in [0.2, 0.25) is 5.88 Å². The largest absolute Gasteiger partial charge is 0.439 e. The zero-order chi connectivity index (χ0) is 18.0. The number of benzene rings is 2. The maximum absolute atomic E-state index is 5.91. The fraction of sp³-hybridized carbons (Fsp3) is 0.0476. The lowest BCUT2D eigenvalue weighted by molar-refractivity contribution is 0.175. The van der Waals surface area contributed by atoms with Crippen LogP contribution in [0.4, 0.5) is 0 Å². The van der Waals surface area contributed by atoms with Crippen molar-refractivity contribution in [1.82, 2.24) is 4.98 Å². The molecule has 26 heavy (non-hydrogen) atoms. The van der Waals surface area contributed by atoms with Crippen molar-refractivity contribution >= 4 is 11.9 Å². The summed E-state index contributed by atoms with van der Waals surface area (Å²) in [6.45, 7) is 0.332. The number of nitrogens with zero attached hydrogens (tertiary/aromatic N) is 2. The number of oxime groups is 1. The summed E-state index contributed by atoms with van der Waals surface area (Å²) < 4.78 is 5.64. The summed E-state index contributed by atoms with van der Waals surface area (Å²) in [5.41, 5.74) is 7.68. The summed E-state index contributed by atoms with van der Waals surface area (Å²) in [7, 11) is 0. The van der Waals surface area contributed by atoms with E-state index in [2.05, 4.69) is 10.1 Å². The first kappa shape index (κ1) is 17.2. The van der Waals surface area contributed by atoms with Gasteiger partial charge in [-0.1, -0.05) is 59.8 Å². The summed E-state index contributed by atoms with van der Waals surface area (Å²) in [4.78, 5) is 9.44. The van der Waals surface area contributed by atoms with E-state index in [1.54, 1.807) is 18.3 Å². The minimum atomic E-state index is 0.261. The molecule has 0 radical (unpaired) electrons. The zero-order valence-electron chi connectivity index (χ0n) is 14.2. The molecule has 5 nitrogen and oxygen atoms in total. The van der Waals surface area contributed by atoms with Crippen LogP contribution in [0.2, 0.25) is 0 Å². The zero-order valence-corrected chi connectivity index (χ0v) is 14.2. The van der Waals surface area contributed by atoms with Crippen molar-refractivity contribution in [1.29, 1.82) is 0 Å². The molecule has 0 bridgehead atoms. The number of amidine groups is 1. The highest BCUT2D eigenvalue weighted by molar-refractivity contribution is 5.96. The van der Waals surface area contributed by atoms with Gasteiger partial charge in [0.1, 0.15) is 12.4 Å². The van der Waals surface area contributed by atoms with E-state index in [0.717, 1.165) is 11.3 Å². The maximum Gasteiger partial charge on any atom is 0.219 e. The SMILES string of the molecule is N/C(=N\OC/C=C\c1ccccc1)c1ccc(Oc2ccccc2)nc1. The predicted molar refractivity (Wildman–Crippen MR) is 103 cm³/mol. The Labute approximate surface area is 152 Å². The molecule has 0 amide bonds. The average Bonchev–Trinajstić information content (AvgIpc) is 2.70. The van der Waals surface area contributed by atoms with Gasteiger partial charge in [-0.05, 0) is 29.8 Å². The van der Waals surface area contributed by atoms with E-state index in [4.69, 9.17) is 15.3 Å². The van der Waals surface area contributed by atoms with Crippen LogP contribution in [-0.4, -0.2) is 17.4 Å². The molecule has 3 rings (SSSR count). The molecule has 3 aromatic rings. The Morgan fingerprint density at radius 1 is 0.962 bits per heavy atom. The molecule has 0 spiro atoms. The first-order chi connectivity index (χ1) is 12.8. The molecule has 0 saturated heterocycles. The van der Waals surface area contributed by atoms with Crippen LogP contribution in [0, 0.1) is 0 Å². The van der Waals surface area contributed by atoms with Gasteiger partial charge in [-0.15, -0.1) is 0 Å². The fourth-order valence-electron chi connectivity index (χ4n) is 2.15. The van der Waals surface area contributed by atoms with Crippen molar-refractivity contribution in [2.45, 2.75) is 0 Å². The van der Waals surface area contributed by atoms with Crippen LogP contribution in [0.1, 0.15) is 11.1 Å². The molecule has 1 heterocycles. The van der Waals surface area contributed by atoms with Crippen molar-refractivity contribution in [2.24, 2.45) is 10.9 Å². The Morgan fingerprint density at radius 3 is 2.38 bits per heavy atom. The summed E-state index contributed by atoms with van der Waals surface area (Å²) in [6, 6.07) is 22.9. The van der Waals surface area contributed by atoms with Crippen LogP contribution >= 0.6 is 0 Å². The Morgan fingerprint density at radius 2 is 1.69 bits per heavy atom. The van der Waals surface area contributed by atoms with Crippen molar-refractivity contribution in [3.05, 3.63) is 96.2 Å². The highest BCUT2D eigenvalue weighted by atomic mass is 16.6. The predicted octanol–water partition coefficient (Wildman–Crippen LogP) is 4.22. The topological polar surface area (TPSA) is 69.7 Å². The first-order valence-electron chi connectivity index (χ1n) is 8.17. The Balaban J connectivity index is 1.51. The minimum absolute atomic E-state index is 0.261. The number of nitrogens with two attached hydrogens (primary N) is 1. The number of ether oxygens (including phenoxy) is 1. The summed E-state index contributed by atoms with van der Waals surface area (Å²) in [5.74, 6) is 1.47. The average molecular weight is 345 g/mol. The molecule has 0 aliphatic heterocycles. The van der Waals surface area contributed by atoms with Gasteiger partial charge in [0.25, 0.3) is 0 Å². The van der Waals surface area contributed by atoms with Crippen LogP contribution in [0.3, 0.4) is 0 Å². The van der Waals surface area contributed by atoms with Crippen molar-refractivity contribution in [2.75, 3.05) is 6.61 Å². The van der Waals surface area contributed by atoms with Crippen LogP contribution in [0.5, 0.6) is 11.6 Å². The third-order valence-electron chi connectivity index (χ3n) is 3.44. The number of para-hydroxylation sites is 1. The fourth-order valence-corrected chi connectivity index (χ4v) is 2.15. The van der Waals surface area contributed by atoms with Gasteiger partial charge in [-0.25, -0.2) is 4.98 Å². The number of aromatic nitrogens is 1. The highest BCUT2D eigenvalue weighted by Gasteiger charge is 2.02. The van der Waals surface area contributed by atoms with Crippen LogP contribution < -0.4 is 10.5 Å². The summed E-state index contributed by atoms with van der Waals surface area (Å²) in [5, 5.41) is 3.90. The van der Waals surface area contributed by atoms with Gasteiger partial charge in [-0.2, -0.15) is 0 Å². The lowest BCUT2D eigenvalue weighted by Gasteiger charge is -2.05. The molecule has 0 aliphatic carbocycles. The van der Waals surface area contributed by atoms with Crippen molar-refractivity contribution in [3.8, 4) is 11.6 Å². The molecule has 0 fully saturated rings. The molecular weight excluding hydrogens is 326 g/mol. The molecule has 2 N–H and O–H groups in total. The van der Waals surface area contributed by atoms with Crippen molar-refractivity contribution < 1.29 is 9.57 Å². The maximum atomic E-state index is 5.91. The monoisotopic (exact) mass is 345 g/mol. The number of rotatable bonds is 7. The van der Waals surface area contributed by atoms with Gasteiger partial charge in [0, 0.05) is 17.8 Å². The summed E-state index contributed by atoms with van der Waals surface area (Å²) in [6.07, 6.45) is 5.43.